The fourth-order valence-corrected chi connectivity index (χ4v) is 2.47. The Bertz CT molecular complexity index is 496. The molecule has 0 saturated carbocycles. The van der Waals surface area contributed by atoms with Crippen LogP contribution in [-0.4, -0.2) is 32.4 Å². The van der Waals surface area contributed by atoms with E-state index in [9.17, 15) is 0 Å². The summed E-state index contributed by atoms with van der Waals surface area (Å²) in [5, 5.41) is 6.40. The molecule has 1 aromatic carbocycles. The van der Waals surface area contributed by atoms with Crippen LogP contribution in [0, 0.1) is 0 Å². The molecule has 1 N–H and O–H groups in total. The van der Waals surface area contributed by atoms with Crippen molar-refractivity contribution in [3.05, 3.63) is 35.3 Å². The van der Waals surface area contributed by atoms with Gasteiger partial charge in [0.1, 0.15) is 10.8 Å². The molecule has 19 heavy (non-hydrogen) atoms. The van der Waals surface area contributed by atoms with Crippen LogP contribution in [0.15, 0.2) is 29.6 Å². The zero-order chi connectivity index (χ0) is 13.5. The average Bonchev–Trinajstić information content (AvgIpc) is 2.92. The minimum Gasteiger partial charge on any atom is -0.497 e. The second kappa shape index (κ2) is 7.23. The van der Waals surface area contributed by atoms with Crippen LogP contribution in [0.1, 0.15) is 5.69 Å². The minimum absolute atomic E-state index is 0.718. The molecular formula is C14H18N2O2S. The van der Waals surface area contributed by atoms with Crippen molar-refractivity contribution in [1.29, 1.82) is 0 Å². The van der Waals surface area contributed by atoms with Gasteiger partial charge in [-0.15, -0.1) is 11.3 Å². The van der Waals surface area contributed by atoms with Crippen molar-refractivity contribution in [3.63, 3.8) is 0 Å². The molecule has 0 bridgehead atoms. The number of ether oxygens (including phenoxy) is 2. The van der Waals surface area contributed by atoms with Crippen molar-refractivity contribution in [2.24, 2.45) is 0 Å². The van der Waals surface area contributed by atoms with E-state index in [0.29, 0.717) is 0 Å². The summed E-state index contributed by atoms with van der Waals surface area (Å²) in [4.78, 5) is 4.61. The standard InChI is InChI=1S/C14H18N2O2S/c1-17-8-7-15-9-12-10-19-14(16-12)11-3-5-13(18-2)6-4-11/h3-6,10,15H,7-9H2,1-2H3. The van der Waals surface area contributed by atoms with Gasteiger partial charge in [0, 0.05) is 31.1 Å². The Labute approximate surface area is 117 Å². The van der Waals surface area contributed by atoms with Crippen molar-refractivity contribution in [2.75, 3.05) is 27.4 Å². The predicted molar refractivity (Wildman–Crippen MR) is 77.7 cm³/mol. The highest BCUT2D eigenvalue weighted by Gasteiger charge is 2.04. The van der Waals surface area contributed by atoms with Crippen LogP contribution in [-0.2, 0) is 11.3 Å². The van der Waals surface area contributed by atoms with Crippen LogP contribution in [0.25, 0.3) is 10.6 Å². The highest BCUT2D eigenvalue weighted by molar-refractivity contribution is 7.13. The molecule has 2 rings (SSSR count). The average molecular weight is 278 g/mol. The SMILES string of the molecule is COCCNCc1csc(-c2ccc(OC)cc2)n1. The van der Waals surface area contributed by atoms with E-state index in [-0.39, 0.29) is 0 Å². The van der Waals surface area contributed by atoms with Crippen LogP contribution >= 0.6 is 11.3 Å². The third kappa shape index (κ3) is 4.02. The number of methoxy groups -OCH3 is 2. The van der Waals surface area contributed by atoms with Crippen LogP contribution in [0.4, 0.5) is 0 Å². The number of benzene rings is 1. The topological polar surface area (TPSA) is 43.4 Å². The Kier molecular flexibility index (Phi) is 5.32. The van der Waals surface area contributed by atoms with E-state index in [4.69, 9.17) is 9.47 Å². The number of hydrogen-bond donors (Lipinski definition) is 1. The third-order valence-corrected chi connectivity index (χ3v) is 3.62. The Morgan fingerprint density at radius 1 is 1.21 bits per heavy atom. The number of hydrogen-bond acceptors (Lipinski definition) is 5. The highest BCUT2D eigenvalue weighted by Crippen LogP contribution is 2.25. The van der Waals surface area contributed by atoms with E-state index in [1.807, 2.05) is 24.3 Å². The summed E-state index contributed by atoms with van der Waals surface area (Å²) in [6.45, 7) is 2.33. The van der Waals surface area contributed by atoms with E-state index in [0.717, 1.165) is 41.7 Å². The van der Waals surface area contributed by atoms with E-state index < -0.39 is 0 Å². The number of thiazole rings is 1. The molecule has 4 nitrogen and oxygen atoms in total. The molecule has 0 atom stereocenters. The van der Waals surface area contributed by atoms with E-state index >= 15 is 0 Å². The fourth-order valence-electron chi connectivity index (χ4n) is 1.65. The van der Waals surface area contributed by atoms with Gasteiger partial charge in [0.15, 0.2) is 0 Å². The Balaban J connectivity index is 1.95. The first-order valence-electron chi connectivity index (χ1n) is 6.12. The largest absolute Gasteiger partial charge is 0.497 e. The van der Waals surface area contributed by atoms with E-state index in [1.165, 1.54) is 0 Å². The van der Waals surface area contributed by atoms with Gasteiger partial charge < -0.3 is 14.8 Å². The first-order valence-corrected chi connectivity index (χ1v) is 7.00. The van der Waals surface area contributed by atoms with Gasteiger partial charge in [0.2, 0.25) is 0 Å². The van der Waals surface area contributed by atoms with Crippen molar-refractivity contribution in [1.82, 2.24) is 10.3 Å². The molecule has 0 amide bonds. The zero-order valence-electron chi connectivity index (χ0n) is 11.2. The molecule has 0 aliphatic carbocycles. The quantitative estimate of drug-likeness (QED) is 0.791. The van der Waals surface area contributed by atoms with Crippen molar-refractivity contribution in [3.8, 4) is 16.3 Å². The first-order chi connectivity index (χ1) is 9.33. The van der Waals surface area contributed by atoms with Crippen LogP contribution < -0.4 is 10.1 Å². The lowest BCUT2D eigenvalue weighted by molar-refractivity contribution is 0.199. The predicted octanol–water partition coefficient (Wildman–Crippen LogP) is 2.55. The number of nitrogens with zero attached hydrogens (tertiary/aromatic N) is 1. The Morgan fingerprint density at radius 3 is 2.68 bits per heavy atom. The normalized spacial score (nSPS) is 10.6. The molecule has 2 aromatic rings. The van der Waals surface area contributed by atoms with Crippen LogP contribution in [0.3, 0.4) is 0 Å². The molecule has 102 valence electrons. The Morgan fingerprint density at radius 2 is 2.00 bits per heavy atom. The highest BCUT2D eigenvalue weighted by atomic mass is 32.1. The van der Waals surface area contributed by atoms with Gasteiger partial charge in [-0.2, -0.15) is 0 Å². The summed E-state index contributed by atoms with van der Waals surface area (Å²) in [6, 6.07) is 7.96. The van der Waals surface area contributed by atoms with Gasteiger partial charge in [-0.05, 0) is 24.3 Å². The third-order valence-electron chi connectivity index (χ3n) is 2.68. The van der Waals surface area contributed by atoms with Gasteiger partial charge in [-0.3, -0.25) is 0 Å². The second-order valence-corrected chi connectivity index (χ2v) is 4.90. The van der Waals surface area contributed by atoms with Gasteiger partial charge in [-0.1, -0.05) is 0 Å². The van der Waals surface area contributed by atoms with Gasteiger partial charge in [-0.25, -0.2) is 4.98 Å². The smallest absolute Gasteiger partial charge is 0.123 e. The summed E-state index contributed by atoms with van der Waals surface area (Å²) in [6.07, 6.45) is 0. The molecule has 5 heteroatoms. The zero-order valence-corrected chi connectivity index (χ0v) is 12.0. The maximum atomic E-state index is 5.15. The molecule has 0 radical (unpaired) electrons. The molecule has 0 spiro atoms. The Hall–Kier alpha value is -1.43. The van der Waals surface area contributed by atoms with Crippen molar-refractivity contribution >= 4 is 11.3 Å². The lowest BCUT2D eigenvalue weighted by atomic mass is 10.2. The molecule has 0 fully saturated rings. The molecule has 0 aliphatic rings. The van der Waals surface area contributed by atoms with E-state index in [2.05, 4.69) is 15.7 Å². The number of aromatic nitrogens is 1. The molecule has 0 saturated heterocycles. The second-order valence-electron chi connectivity index (χ2n) is 4.04. The van der Waals surface area contributed by atoms with Gasteiger partial charge in [0.25, 0.3) is 0 Å². The summed E-state index contributed by atoms with van der Waals surface area (Å²) < 4.78 is 10.1. The fraction of sp³-hybridized carbons (Fsp3) is 0.357. The molecule has 0 unspecified atom stereocenters. The van der Waals surface area contributed by atoms with Crippen LogP contribution in [0.2, 0.25) is 0 Å². The van der Waals surface area contributed by atoms with Crippen molar-refractivity contribution in [2.45, 2.75) is 6.54 Å². The monoisotopic (exact) mass is 278 g/mol. The summed E-state index contributed by atoms with van der Waals surface area (Å²) in [5.41, 5.74) is 2.18. The van der Waals surface area contributed by atoms with Crippen LogP contribution in [0.5, 0.6) is 5.75 Å². The molecule has 1 aromatic heterocycles. The summed E-state index contributed by atoms with van der Waals surface area (Å²) in [7, 11) is 3.37. The van der Waals surface area contributed by atoms with Gasteiger partial charge >= 0.3 is 0 Å². The number of nitrogens with one attached hydrogen (secondary N) is 1. The maximum absolute atomic E-state index is 5.15. The van der Waals surface area contributed by atoms with E-state index in [1.54, 1.807) is 25.6 Å². The summed E-state index contributed by atoms with van der Waals surface area (Å²) in [5.74, 6) is 0.863. The molecular weight excluding hydrogens is 260 g/mol. The molecule has 1 heterocycles. The lowest BCUT2D eigenvalue weighted by Gasteiger charge is -2.01. The minimum atomic E-state index is 0.718. The lowest BCUT2D eigenvalue weighted by Crippen LogP contribution is -2.18. The molecule has 0 aliphatic heterocycles. The van der Waals surface area contributed by atoms with Crippen molar-refractivity contribution < 1.29 is 9.47 Å². The maximum Gasteiger partial charge on any atom is 0.123 e. The number of rotatable bonds is 7. The summed E-state index contributed by atoms with van der Waals surface area (Å²) >= 11 is 1.66. The van der Waals surface area contributed by atoms with Gasteiger partial charge in [0.05, 0.1) is 19.4 Å². The first kappa shape index (κ1) is 14.0.